The SMILES string of the molecule is Cc1ccc(S(=O)(=O)N(C(=O)c2ccc(Cl)cc2)C(C#Cc2ccccc2)c2ccccc2)cc1. The van der Waals surface area contributed by atoms with Gasteiger partial charge < -0.3 is 0 Å². The van der Waals surface area contributed by atoms with E-state index >= 15 is 0 Å². The summed E-state index contributed by atoms with van der Waals surface area (Å²) >= 11 is 6.01. The molecule has 0 bridgehead atoms. The maximum Gasteiger partial charge on any atom is 0.269 e. The summed E-state index contributed by atoms with van der Waals surface area (Å²) < 4.78 is 28.8. The van der Waals surface area contributed by atoms with E-state index < -0.39 is 22.0 Å². The van der Waals surface area contributed by atoms with Crippen LogP contribution in [-0.2, 0) is 10.0 Å². The molecule has 0 fully saturated rings. The molecule has 0 aromatic heterocycles. The first-order valence-electron chi connectivity index (χ1n) is 10.9. The van der Waals surface area contributed by atoms with Crippen LogP contribution in [-0.4, -0.2) is 18.6 Å². The Balaban J connectivity index is 1.92. The fraction of sp³-hybridized carbons (Fsp3) is 0.0690. The zero-order valence-corrected chi connectivity index (χ0v) is 20.5. The number of nitrogens with zero attached hydrogens (tertiary/aromatic N) is 1. The summed E-state index contributed by atoms with van der Waals surface area (Å²) in [6.45, 7) is 1.87. The molecule has 0 radical (unpaired) electrons. The van der Waals surface area contributed by atoms with Gasteiger partial charge in [0.25, 0.3) is 15.9 Å². The lowest BCUT2D eigenvalue weighted by molar-refractivity contribution is 0.0841. The Morgan fingerprint density at radius 2 is 1.37 bits per heavy atom. The molecule has 4 nitrogen and oxygen atoms in total. The molecule has 4 aromatic rings. The van der Waals surface area contributed by atoms with Crippen LogP contribution in [0, 0.1) is 18.8 Å². The molecule has 0 N–H and O–H groups in total. The van der Waals surface area contributed by atoms with Crippen LogP contribution in [0.15, 0.2) is 114 Å². The van der Waals surface area contributed by atoms with Gasteiger partial charge in [-0.25, -0.2) is 12.7 Å². The molecule has 0 aliphatic heterocycles. The number of halogens is 1. The third kappa shape index (κ3) is 5.63. The zero-order chi connectivity index (χ0) is 24.8. The first kappa shape index (κ1) is 24.3. The summed E-state index contributed by atoms with van der Waals surface area (Å²) in [5.74, 6) is 5.40. The second-order valence-corrected chi connectivity index (χ2v) is 10.1. The number of aryl methyl sites for hydroxylation is 1. The Bertz CT molecular complexity index is 1470. The van der Waals surface area contributed by atoms with Crippen LogP contribution in [0.3, 0.4) is 0 Å². The van der Waals surface area contributed by atoms with Gasteiger partial charge in [-0.05, 0) is 61.0 Å². The topological polar surface area (TPSA) is 54.5 Å². The maximum atomic E-state index is 14.0. The van der Waals surface area contributed by atoms with Crippen molar-refractivity contribution in [2.75, 3.05) is 0 Å². The molecule has 0 heterocycles. The first-order chi connectivity index (χ1) is 16.9. The minimum absolute atomic E-state index is 0.00727. The minimum atomic E-state index is -4.28. The molecule has 4 rings (SSSR count). The lowest BCUT2D eigenvalue weighted by Gasteiger charge is -2.28. The summed E-state index contributed by atoms with van der Waals surface area (Å²) in [5, 5.41) is 0.443. The number of hydrogen-bond acceptors (Lipinski definition) is 3. The van der Waals surface area contributed by atoms with Crippen LogP contribution >= 0.6 is 11.6 Å². The van der Waals surface area contributed by atoms with Gasteiger partial charge >= 0.3 is 0 Å². The van der Waals surface area contributed by atoms with E-state index in [0.29, 0.717) is 16.1 Å². The summed E-state index contributed by atoms with van der Waals surface area (Å²) in [5.41, 5.74) is 2.38. The second kappa shape index (κ2) is 10.6. The Hall–Kier alpha value is -3.85. The molecule has 0 saturated heterocycles. The van der Waals surface area contributed by atoms with Crippen molar-refractivity contribution >= 4 is 27.5 Å². The monoisotopic (exact) mass is 499 g/mol. The number of amides is 1. The quantitative estimate of drug-likeness (QED) is 0.304. The molecular weight excluding hydrogens is 478 g/mol. The Labute approximate surface area is 210 Å². The highest BCUT2D eigenvalue weighted by Crippen LogP contribution is 2.30. The van der Waals surface area contributed by atoms with Crippen LogP contribution in [0.2, 0.25) is 5.02 Å². The van der Waals surface area contributed by atoms with Crippen molar-refractivity contribution in [2.45, 2.75) is 17.9 Å². The molecule has 1 amide bonds. The van der Waals surface area contributed by atoms with Gasteiger partial charge in [0, 0.05) is 16.1 Å². The highest BCUT2D eigenvalue weighted by Gasteiger charge is 2.36. The van der Waals surface area contributed by atoms with E-state index in [2.05, 4.69) is 11.8 Å². The third-order valence-corrected chi connectivity index (χ3v) is 7.36. The molecule has 174 valence electrons. The van der Waals surface area contributed by atoms with Gasteiger partial charge in [0.15, 0.2) is 0 Å². The van der Waals surface area contributed by atoms with E-state index in [4.69, 9.17) is 11.6 Å². The summed E-state index contributed by atoms with van der Waals surface area (Å²) in [6, 6.07) is 29.6. The Morgan fingerprint density at radius 1 is 0.800 bits per heavy atom. The molecule has 1 atom stereocenters. The number of sulfonamides is 1. The molecule has 0 aliphatic rings. The zero-order valence-electron chi connectivity index (χ0n) is 18.9. The van der Waals surface area contributed by atoms with Gasteiger partial charge in [0.05, 0.1) is 4.90 Å². The average Bonchev–Trinajstić information content (AvgIpc) is 2.88. The molecule has 0 spiro atoms. The Kier molecular flexibility index (Phi) is 7.36. The second-order valence-electron chi connectivity index (χ2n) is 7.87. The van der Waals surface area contributed by atoms with Crippen LogP contribution in [0.1, 0.15) is 33.1 Å². The minimum Gasteiger partial charge on any atom is -0.268 e. The lowest BCUT2D eigenvalue weighted by Crippen LogP contribution is -2.39. The smallest absolute Gasteiger partial charge is 0.268 e. The summed E-state index contributed by atoms with van der Waals surface area (Å²) in [6.07, 6.45) is 0. The number of hydrogen-bond donors (Lipinski definition) is 0. The van der Waals surface area contributed by atoms with Gasteiger partial charge in [-0.15, -0.1) is 0 Å². The van der Waals surface area contributed by atoms with Crippen molar-refractivity contribution in [1.82, 2.24) is 4.31 Å². The fourth-order valence-corrected chi connectivity index (χ4v) is 5.10. The normalized spacial score (nSPS) is 11.7. The van der Waals surface area contributed by atoms with Gasteiger partial charge in [-0.1, -0.05) is 89.7 Å². The summed E-state index contributed by atoms with van der Waals surface area (Å²) in [7, 11) is -4.28. The predicted octanol–water partition coefficient (Wildman–Crippen LogP) is 6.27. The van der Waals surface area contributed by atoms with Crippen molar-refractivity contribution in [3.63, 3.8) is 0 Å². The van der Waals surface area contributed by atoms with E-state index in [1.807, 2.05) is 43.3 Å². The van der Waals surface area contributed by atoms with E-state index in [9.17, 15) is 13.2 Å². The van der Waals surface area contributed by atoms with Crippen molar-refractivity contribution < 1.29 is 13.2 Å². The summed E-state index contributed by atoms with van der Waals surface area (Å²) in [4.78, 5) is 13.8. The number of carbonyl (C=O) groups excluding carboxylic acids is 1. The van der Waals surface area contributed by atoms with Gasteiger partial charge in [0.2, 0.25) is 0 Å². The first-order valence-corrected chi connectivity index (χ1v) is 12.7. The fourth-order valence-electron chi connectivity index (χ4n) is 3.49. The molecule has 6 heteroatoms. The van der Waals surface area contributed by atoms with Crippen LogP contribution < -0.4 is 0 Å². The molecule has 35 heavy (non-hydrogen) atoms. The predicted molar refractivity (Wildman–Crippen MR) is 138 cm³/mol. The van der Waals surface area contributed by atoms with Gasteiger partial charge in [0.1, 0.15) is 6.04 Å². The van der Waals surface area contributed by atoms with Crippen molar-refractivity contribution in [2.24, 2.45) is 0 Å². The number of benzene rings is 4. The van der Waals surface area contributed by atoms with Crippen molar-refractivity contribution in [1.29, 1.82) is 0 Å². The maximum absolute atomic E-state index is 14.0. The lowest BCUT2D eigenvalue weighted by atomic mass is 10.1. The van der Waals surface area contributed by atoms with Crippen LogP contribution in [0.5, 0.6) is 0 Å². The number of rotatable bonds is 5. The molecule has 0 saturated carbocycles. The van der Waals surface area contributed by atoms with E-state index in [-0.39, 0.29) is 10.5 Å². The molecule has 0 aliphatic carbocycles. The van der Waals surface area contributed by atoms with Crippen molar-refractivity contribution in [3.8, 4) is 11.8 Å². The number of carbonyl (C=O) groups is 1. The Morgan fingerprint density at radius 3 is 1.97 bits per heavy atom. The highest BCUT2D eigenvalue weighted by molar-refractivity contribution is 7.89. The highest BCUT2D eigenvalue weighted by atomic mass is 35.5. The largest absolute Gasteiger partial charge is 0.269 e. The van der Waals surface area contributed by atoms with Gasteiger partial charge in [-0.3, -0.25) is 4.79 Å². The van der Waals surface area contributed by atoms with E-state index in [1.165, 1.54) is 24.3 Å². The average molecular weight is 500 g/mol. The van der Waals surface area contributed by atoms with Crippen molar-refractivity contribution in [3.05, 3.63) is 136 Å². The third-order valence-electron chi connectivity index (χ3n) is 5.35. The van der Waals surface area contributed by atoms with E-state index in [1.54, 1.807) is 48.5 Å². The molecule has 1 unspecified atom stereocenters. The van der Waals surface area contributed by atoms with Gasteiger partial charge in [-0.2, -0.15) is 0 Å². The van der Waals surface area contributed by atoms with Crippen LogP contribution in [0.4, 0.5) is 0 Å². The molecule has 4 aromatic carbocycles. The van der Waals surface area contributed by atoms with E-state index in [0.717, 1.165) is 9.87 Å². The van der Waals surface area contributed by atoms with Crippen LogP contribution in [0.25, 0.3) is 0 Å². The standard InChI is InChI=1S/C29H22ClNO3S/c1-22-12-19-27(20-13-22)35(33,34)31(29(32)25-15-17-26(30)18-16-25)28(24-10-6-3-7-11-24)21-14-23-8-4-2-5-9-23/h2-13,15-20,28H,1H3. The molecular formula is C29H22ClNO3S.